The van der Waals surface area contributed by atoms with Crippen LogP contribution in [0.3, 0.4) is 0 Å². The van der Waals surface area contributed by atoms with Gasteiger partial charge in [0.2, 0.25) is 5.91 Å². The molecule has 18 heavy (non-hydrogen) atoms. The Hall–Kier alpha value is -1.37. The van der Waals surface area contributed by atoms with Crippen molar-refractivity contribution in [2.45, 2.75) is 44.7 Å². The number of aromatic nitrogens is 1. The van der Waals surface area contributed by atoms with Crippen LogP contribution in [0.5, 0.6) is 0 Å². The van der Waals surface area contributed by atoms with Crippen molar-refractivity contribution in [2.24, 2.45) is 0 Å². The van der Waals surface area contributed by atoms with Crippen molar-refractivity contribution in [3.63, 3.8) is 0 Å². The van der Waals surface area contributed by atoms with Crippen LogP contribution in [-0.4, -0.2) is 30.8 Å². The molecule has 0 aliphatic rings. The molecule has 1 atom stereocenters. The number of carbonyl (C=O) groups is 1. The number of nitrogens with zero attached hydrogens (tertiary/aromatic N) is 1. The second kappa shape index (κ2) is 5.51. The molecule has 1 aromatic heterocycles. The van der Waals surface area contributed by atoms with Gasteiger partial charge in [0.1, 0.15) is 11.0 Å². The molecule has 0 unspecified atom stereocenters. The van der Waals surface area contributed by atoms with Gasteiger partial charge in [-0.3, -0.25) is 4.79 Å². The van der Waals surface area contributed by atoms with E-state index in [1.54, 1.807) is 26.8 Å². The van der Waals surface area contributed by atoms with Crippen molar-refractivity contribution in [3.05, 3.63) is 17.5 Å². The molecule has 1 N–H and O–H groups in total. The molecule has 0 saturated carbocycles. The minimum Gasteiger partial charge on any atom is -0.361 e. The maximum atomic E-state index is 12.0. The van der Waals surface area contributed by atoms with E-state index in [4.69, 9.17) is 4.52 Å². The van der Waals surface area contributed by atoms with E-state index in [1.807, 2.05) is 0 Å². The highest BCUT2D eigenvalue weighted by molar-refractivity contribution is 7.92. The molecule has 0 bridgehead atoms. The summed E-state index contributed by atoms with van der Waals surface area (Å²) in [5.74, 6) is -0.249. The Morgan fingerprint density at radius 2 is 2.06 bits per heavy atom. The highest BCUT2D eigenvalue weighted by atomic mass is 32.2. The lowest BCUT2D eigenvalue weighted by molar-refractivity contribution is -0.120. The van der Waals surface area contributed by atoms with Crippen molar-refractivity contribution >= 4 is 15.7 Å². The maximum absolute atomic E-state index is 12.0. The zero-order valence-corrected chi connectivity index (χ0v) is 11.7. The van der Waals surface area contributed by atoms with Gasteiger partial charge in [0.05, 0.1) is 11.4 Å². The van der Waals surface area contributed by atoms with E-state index >= 15 is 0 Å². The first kappa shape index (κ1) is 14.7. The molecular formula is C11H18N2O4S. The number of hydrogen-bond acceptors (Lipinski definition) is 5. The van der Waals surface area contributed by atoms with Crippen molar-refractivity contribution in [3.8, 4) is 0 Å². The van der Waals surface area contributed by atoms with Gasteiger partial charge in [-0.15, -0.1) is 0 Å². The number of aryl methyl sites for hydroxylation is 1. The highest BCUT2D eigenvalue weighted by Gasteiger charge is 2.29. The Balaban J connectivity index is 2.77. The number of sulfone groups is 1. The van der Waals surface area contributed by atoms with E-state index in [9.17, 15) is 13.2 Å². The van der Waals surface area contributed by atoms with Crippen LogP contribution in [0.15, 0.2) is 10.6 Å². The molecule has 7 heteroatoms. The van der Waals surface area contributed by atoms with E-state index < -0.39 is 21.0 Å². The molecule has 0 aromatic carbocycles. The molecule has 0 aliphatic heterocycles. The topological polar surface area (TPSA) is 89.3 Å². The summed E-state index contributed by atoms with van der Waals surface area (Å²) in [4.78, 5) is 11.7. The predicted molar refractivity (Wildman–Crippen MR) is 66.6 cm³/mol. The lowest BCUT2D eigenvalue weighted by Gasteiger charge is -2.14. The first-order valence-electron chi connectivity index (χ1n) is 5.66. The van der Waals surface area contributed by atoms with Gasteiger partial charge in [0, 0.05) is 12.1 Å². The van der Waals surface area contributed by atoms with Gasteiger partial charge in [-0.25, -0.2) is 8.42 Å². The summed E-state index contributed by atoms with van der Waals surface area (Å²) in [7, 11) is -3.58. The Bertz CT molecular complexity index is 519. The third-order valence-corrected chi connectivity index (χ3v) is 4.35. The molecule has 6 nitrogen and oxygen atoms in total. The fourth-order valence-electron chi connectivity index (χ4n) is 1.38. The van der Waals surface area contributed by atoms with Crippen LogP contribution in [0, 0.1) is 6.92 Å². The van der Waals surface area contributed by atoms with Gasteiger partial charge in [0.15, 0.2) is 9.84 Å². The first-order valence-corrected chi connectivity index (χ1v) is 7.38. The largest absolute Gasteiger partial charge is 0.361 e. The zero-order valence-electron chi connectivity index (χ0n) is 10.9. The summed E-state index contributed by atoms with van der Waals surface area (Å²) in [6.07, 6.45) is 0. The first-order chi connectivity index (χ1) is 8.22. The van der Waals surface area contributed by atoms with Crippen molar-refractivity contribution < 1.29 is 17.7 Å². The van der Waals surface area contributed by atoms with Gasteiger partial charge in [-0.05, 0) is 27.7 Å². The number of rotatable bonds is 5. The summed E-state index contributed by atoms with van der Waals surface area (Å²) in [6.45, 7) is 6.61. The Labute approximate surface area is 107 Å². The lowest BCUT2D eigenvalue weighted by Crippen LogP contribution is -2.41. The summed E-state index contributed by atoms with van der Waals surface area (Å²) in [5.41, 5.74) is 0.316. The highest BCUT2D eigenvalue weighted by Crippen LogP contribution is 2.12. The molecule has 102 valence electrons. The quantitative estimate of drug-likeness (QED) is 0.858. The van der Waals surface area contributed by atoms with Crippen LogP contribution in [0.1, 0.15) is 32.2 Å². The number of amides is 1. The normalized spacial score (nSPS) is 13.6. The molecular weight excluding hydrogens is 256 g/mol. The zero-order chi connectivity index (χ0) is 13.9. The lowest BCUT2D eigenvalue weighted by atomic mass is 10.3. The fourth-order valence-corrected chi connectivity index (χ4v) is 2.57. The van der Waals surface area contributed by atoms with E-state index in [0.717, 1.165) is 0 Å². The molecule has 1 rings (SSSR count). The van der Waals surface area contributed by atoms with E-state index in [2.05, 4.69) is 10.5 Å². The summed E-state index contributed by atoms with van der Waals surface area (Å²) < 4.78 is 28.8. The van der Waals surface area contributed by atoms with Crippen molar-refractivity contribution in [2.75, 3.05) is 0 Å². The Morgan fingerprint density at radius 3 is 2.50 bits per heavy atom. The van der Waals surface area contributed by atoms with Gasteiger partial charge < -0.3 is 9.84 Å². The van der Waals surface area contributed by atoms with Gasteiger partial charge in [-0.2, -0.15) is 0 Å². The average Bonchev–Trinajstić information content (AvgIpc) is 2.60. The van der Waals surface area contributed by atoms with Crippen LogP contribution >= 0.6 is 0 Å². The fraction of sp³-hybridized carbons (Fsp3) is 0.636. The molecule has 0 saturated heterocycles. The third kappa shape index (κ3) is 3.83. The maximum Gasteiger partial charge on any atom is 0.238 e. The number of nitrogens with one attached hydrogen (secondary N) is 1. The monoisotopic (exact) mass is 274 g/mol. The van der Waals surface area contributed by atoms with Crippen LogP contribution in [-0.2, 0) is 20.4 Å². The van der Waals surface area contributed by atoms with E-state index in [0.29, 0.717) is 11.5 Å². The predicted octanol–water partition coefficient (Wildman–Crippen LogP) is 0.811. The van der Waals surface area contributed by atoms with Gasteiger partial charge in [-0.1, -0.05) is 5.16 Å². The van der Waals surface area contributed by atoms with Crippen LogP contribution in [0.25, 0.3) is 0 Å². The molecule has 0 radical (unpaired) electrons. The number of hydrogen-bond donors (Lipinski definition) is 1. The van der Waals surface area contributed by atoms with Gasteiger partial charge in [0.25, 0.3) is 0 Å². The minimum atomic E-state index is -3.58. The van der Waals surface area contributed by atoms with Crippen molar-refractivity contribution in [1.82, 2.24) is 10.5 Å². The molecule has 0 aliphatic carbocycles. The second-order valence-corrected chi connectivity index (χ2v) is 6.86. The molecule has 0 fully saturated rings. The SMILES string of the molecule is Cc1cc(CS(=O)(=O)[C@H](C)C(=O)NC(C)C)no1. The summed E-state index contributed by atoms with van der Waals surface area (Å²) >= 11 is 0. The molecule has 0 spiro atoms. The van der Waals surface area contributed by atoms with Crippen LogP contribution < -0.4 is 5.32 Å². The Morgan fingerprint density at radius 1 is 1.44 bits per heavy atom. The summed E-state index contributed by atoms with van der Waals surface area (Å²) in [5, 5.41) is 5.10. The molecule has 1 amide bonds. The van der Waals surface area contributed by atoms with Crippen LogP contribution in [0.2, 0.25) is 0 Å². The van der Waals surface area contributed by atoms with E-state index in [-0.39, 0.29) is 11.8 Å². The third-order valence-electron chi connectivity index (χ3n) is 2.36. The van der Waals surface area contributed by atoms with Gasteiger partial charge >= 0.3 is 0 Å². The molecule has 1 heterocycles. The average molecular weight is 274 g/mol. The minimum absolute atomic E-state index is 0.0931. The Kier molecular flexibility index (Phi) is 4.50. The standard InChI is InChI=1S/C11H18N2O4S/c1-7(2)12-11(14)9(4)18(15,16)6-10-5-8(3)17-13-10/h5,7,9H,6H2,1-4H3,(H,12,14)/t9-/m1/s1. The van der Waals surface area contributed by atoms with Crippen LogP contribution in [0.4, 0.5) is 0 Å². The number of carbonyl (C=O) groups excluding carboxylic acids is 1. The van der Waals surface area contributed by atoms with E-state index in [1.165, 1.54) is 6.92 Å². The summed E-state index contributed by atoms with van der Waals surface area (Å²) in [6, 6.07) is 1.45. The second-order valence-electron chi connectivity index (χ2n) is 4.54. The van der Waals surface area contributed by atoms with Crippen molar-refractivity contribution in [1.29, 1.82) is 0 Å². The molecule has 1 aromatic rings. The smallest absolute Gasteiger partial charge is 0.238 e.